The normalized spacial score (nSPS) is 12.0. The second kappa shape index (κ2) is 8.38. The van der Waals surface area contributed by atoms with E-state index in [4.69, 9.17) is 16.0 Å². The number of carbonyl (C=O) groups is 1. The molecule has 0 bridgehead atoms. The molecule has 0 radical (unpaired) electrons. The molecule has 0 saturated carbocycles. The summed E-state index contributed by atoms with van der Waals surface area (Å²) in [7, 11) is 0. The molecule has 4 nitrogen and oxygen atoms in total. The second-order valence-electron chi connectivity index (χ2n) is 5.63. The van der Waals surface area contributed by atoms with Crippen LogP contribution in [0.2, 0.25) is 5.02 Å². The number of benzene rings is 2. The van der Waals surface area contributed by atoms with Crippen molar-refractivity contribution in [1.82, 2.24) is 10.3 Å². The maximum absolute atomic E-state index is 13.0. The zero-order valence-corrected chi connectivity index (χ0v) is 15.5. The zero-order valence-electron chi connectivity index (χ0n) is 13.9. The molecule has 26 heavy (non-hydrogen) atoms. The lowest BCUT2D eigenvalue weighted by Crippen LogP contribution is -2.28. The van der Waals surface area contributed by atoms with E-state index in [1.165, 1.54) is 23.9 Å². The van der Waals surface area contributed by atoms with Gasteiger partial charge in [0.05, 0.1) is 18.0 Å². The van der Waals surface area contributed by atoms with Gasteiger partial charge in [0.25, 0.3) is 5.22 Å². The van der Waals surface area contributed by atoms with Gasteiger partial charge in [-0.3, -0.25) is 4.79 Å². The van der Waals surface area contributed by atoms with Crippen LogP contribution in [0.5, 0.6) is 0 Å². The number of amides is 1. The van der Waals surface area contributed by atoms with Crippen LogP contribution in [-0.2, 0) is 4.79 Å². The molecule has 0 aliphatic rings. The van der Waals surface area contributed by atoms with Gasteiger partial charge in [0.15, 0.2) is 5.76 Å². The number of thioether (sulfide) groups is 1. The van der Waals surface area contributed by atoms with Crippen LogP contribution in [0.4, 0.5) is 4.39 Å². The minimum absolute atomic E-state index is 0.135. The van der Waals surface area contributed by atoms with Gasteiger partial charge in [-0.1, -0.05) is 35.5 Å². The molecule has 2 aromatic carbocycles. The van der Waals surface area contributed by atoms with E-state index >= 15 is 0 Å². The van der Waals surface area contributed by atoms with E-state index in [1.807, 2.05) is 25.1 Å². The summed E-state index contributed by atoms with van der Waals surface area (Å²) in [5.41, 5.74) is 1.66. The number of rotatable bonds is 6. The van der Waals surface area contributed by atoms with E-state index in [9.17, 15) is 9.18 Å². The van der Waals surface area contributed by atoms with Gasteiger partial charge in [-0.2, -0.15) is 0 Å². The maximum atomic E-state index is 13.0. The van der Waals surface area contributed by atoms with E-state index < -0.39 is 0 Å². The lowest BCUT2D eigenvalue weighted by Gasteiger charge is -2.14. The van der Waals surface area contributed by atoms with Gasteiger partial charge in [-0.25, -0.2) is 9.37 Å². The van der Waals surface area contributed by atoms with Gasteiger partial charge in [0.2, 0.25) is 5.91 Å². The van der Waals surface area contributed by atoms with Crippen molar-refractivity contribution in [2.45, 2.75) is 18.2 Å². The fourth-order valence-electron chi connectivity index (χ4n) is 2.34. The van der Waals surface area contributed by atoms with Crippen LogP contribution in [0.1, 0.15) is 18.5 Å². The third kappa shape index (κ3) is 4.86. The standard InChI is InChI=1S/C19H16ClFN2O2S/c1-12(14-3-2-4-15(20)9-14)23-18(24)11-26-19-22-10-17(25-19)13-5-7-16(21)8-6-13/h2-10,12H,11H2,1H3,(H,23,24). The number of nitrogens with one attached hydrogen (secondary N) is 1. The molecule has 134 valence electrons. The lowest BCUT2D eigenvalue weighted by atomic mass is 10.1. The van der Waals surface area contributed by atoms with Gasteiger partial charge < -0.3 is 9.73 Å². The molecule has 1 amide bonds. The van der Waals surface area contributed by atoms with E-state index in [0.717, 1.165) is 11.1 Å². The highest BCUT2D eigenvalue weighted by Crippen LogP contribution is 2.25. The monoisotopic (exact) mass is 390 g/mol. The summed E-state index contributed by atoms with van der Waals surface area (Å²) in [5, 5.41) is 3.92. The first-order valence-corrected chi connectivity index (χ1v) is 9.27. The molecular formula is C19H16ClFN2O2S. The van der Waals surface area contributed by atoms with Crippen LogP contribution in [-0.4, -0.2) is 16.6 Å². The summed E-state index contributed by atoms with van der Waals surface area (Å²) in [6, 6.07) is 13.2. The molecule has 0 aliphatic carbocycles. The summed E-state index contributed by atoms with van der Waals surface area (Å²) in [5.74, 6) is 0.256. The zero-order chi connectivity index (χ0) is 18.5. The quantitative estimate of drug-likeness (QED) is 0.594. The Morgan fingerprint density at radius 1 is 1.31 bits per heavy atom. The molecule has 1 unspecified atom stereocenters. The summed E-state index contributed by atoms with van der Waals surface area (Å²) < 4.78 is 18.6. The molecule has 0 aliphatic heterocycles. The number of carbonyl (C=O) groups excluding carboxylic acids is 1. The van der Waals surface area contributed by atoms with Gasteiger partial charge in [-0.15, -0.1) is 0 Å². The summed E-state index contributed by atoms with van der Waals surface area (Å²) in [6.45, 7) is 1.89. The topological polar surface area (TPSA) is 55.1 Å². The van der Waals surface area contributed by atoms with Crippen molar-refractivity contribution in [3.05, 3.63) is 71.1 Å². The lowest BCUT2D eigenvalue weighted by molar-refractivity contribution is -0.119. The van der Waals surface area contributed by atoms with Crippen LogP contribution in [0.25, 0.3) is 11.3 Å². The average molecular weight is 391 g/mol. The van der Waals surface area contributed by atoms with Gasteiger partial charge >= 0.3 is 0 Å². The van der Waals surface area contributed by atoms with E-state index in [1.54, 1.807) is 24.4 Å². The average Bonchev–Trinajstić information content (AvgIpc) is 3.09. The minimum Gasteiger partial charge on any atom is -0.431 e. The number of oxazole rings is 1. The Hall–Kier alpha value is -2.31. The van der Waals surface area contributed by atoms with Crippen molar-refractivity contribution in [3.8, 4) is 11.3 Å². The third-order valence-electron chi connectivity index (χ3n) is 3.67. The molecule has 0 fully saturated rings. The first-order chi connectivity index (χ1) is 12.5. The van der Waals surface area contributed by atoms with Crippen LogP contribution in [0.3, 0.4) is 0 Å². The van der Waals surface area contributed by atoms with Crippen molar-refractivity contribution < 1.29 is 13.6 Å². The number of nitrogens with zero attached hydrogens (tertiary/aromatic N) is 1. The predicted octanol–water partition coefficient (Wildman–Crippen LogP) is 5.10. The van der Waals surface area contributed by atoms with Crippen LogP contribution in [0.15, 0.2) is 64.4 Å². The van der Waals surface area contributed by atoms with E-state index in [2.05, 4.69) is 10.3 Å². The molecule has 0 spiro atoms. The number of hydrogen-bond donors (Lipinski definition) is 1. The molecule has 0 saturated heterocycles. The fraction of sp³-hybridized carbons (Fsp3) is 0.158. The summed E-state index contributed by atoms with van der Waals surface area (Å²) >= 11 is 7.17. The van der Waals surface area contributed by atoms with E-state index in [0.29, 0.717) is 16.0 Å². The second-order valence-corrected chi connectivity index (χ2v) is 6.99. The van der Waals surface area contributed by atoms with E-state index in [-0.39, 0.29) is 23.5 Å². The number of aromatic nitrogens is 1. The number of hydrogen-bond acceptors (Lipinski definition) is 4. The maximum Gasteiger partial charge on any atom is 0.256 e. The van der Waals surface area contributed by atoms with Crippen LogP contribution in [0, 0.1) is 5.82 Å². The summed E-state index contributed by atoms with van der Waals surface area (Å²) in [4.78, 5) is 16.3. The highest BCUT2D eigenvalue weighted by atomic mass is 35.5. The molecule has 1 N–H and O–H groups in total. The van der Waals surface area contributed by atoms with Crippen LogP contribution < -0.4 is 5.32 Å². The smallest absolute Gasteiger partial charge is 0.256 e. The molecule has 1 atom stereocenters. The molecule has 3 aromatic rings. The van der Waals surface area contributed by atoms with Crippen molar-refractivity contribution in [2.75, 3.05) is 5.75 Å². The van der Waals surface area contributed by atoms with Gasteiger partial charge in [0.1, 0.15) is 5.82 Å². The Kier molecular flexibility index (Phi) is 5.96. The van der Waals surface area contributed by atoms with Crippen molar-refractivity contribution >= 4 is 29.3 Å². The number of halogens is 2. The molecule has 7 heteroatoms. The first kappa shape index (κ1) is 18.5. The Morgan fingerprint density at radius 3 is 2.81 bits per heavy atom. The largest absolute Gasteiger partial charge is 0.431 e. The van der Waals surface area contributed by atoms with Crippen LogP contribution >= 0.6 is 23.4 Å². The highest BCUT2D eigenvalue weighted by Gasteiger charge is 2.13. The van der Waals surface area contributed by atoms with Crippen molar-refractivity contribution in [3.63, 3.8) is 0 Å². The highest BCUT2D eigenvalue weighted by molar-refractivity contribution is 7.99. The molecule has 1 heterocycles. The molecule has 1 aromatic heterocycles. The molecular weight excluding hydrogens is 375 g/mol. The molecule has 3 rings (SSSR count). The summed E-state index contributed by atoms with van der Waals surface area (Å²) in [6.07, 6.45) is 1.56. The van der Waals surface area contributed by atoms with Crippen molar-refractivity contribution in [1.29, 1.82) is 0 Å². The fourth-order valence-corrected chi connectivity index (χ4v) is 3.15. The van der Waals surface area contributed by atoms with Gasteiger partial charge in [-0.05, 0) is 48.9 Å². The first-order valence-electron chi connectivity index (χ1n) is 7.90. The minimum atomic E-state index is -0.312. The predicted molar refractivity (Wildman–Crippen MR) is 101 cm³/mol. The SMILES string of the molecule is CC(NC(=O)CSc1ncc(-c2ccc(F)cc2)o1)c1cccc(Cl)c1. The Morgan fingerprint density at radius 2 is 2.08 bits per heavy atom. The Bertz CT molecular complexity index is 899. The van der Waals surface area contributed by atoms with Gasteiger partial charge in [0, 0.05) is 10.6 Å². The van der Waals surface area contributed by atoms with Crippen molar-refractivity contribution in [2.24, 2.45) is 0 Å². The Balaban J connectivity index is 1.54. The third-order valence-corrected chi connectivity index (χ3v) is 4.74. The Labute approximate surface area is 159 Å².